The van der Waals surface area contributed by atoms with Crippen LogP contribution in [0.2, 0.25) is 10.0 Å². The van der Waals surface area contributed by atoms with Crippen LogP contribution < -0.4 is 21.1 Å². The van der Waals surface area contributed by atoms with Gasteiger partial charge in [-0.05, 0) is 80.6 Å². The van der Waals surface area contributed by atoms with Gasteiger partial charge in [-0.25, -0.2) is 0 Å². The molecule has 1 heterocycles. The molecule has 0 bridgehead atoms. The van der Waals surface area contributed by atoms with E-state index in [0.29, 0.717) is 27.5 Å². The summed E-state index contributed by atoms with van der Waals surface area (Å²) in [7, 11) is 2.10. The molecule has 0 spiro atoms. The first-order chi connectivity index (χ1) is 16.3. The third kappa shape index (κ3) is 4.04. The van der Waals surface area contributed by atoms with Gasteiger partial charge in [0.25, 0.3) is 10.9 Å². The molecule has 1 aliphatic heterocycles. The van der Waals surface area contributed by atoms with E-state index in [0.717, 1.165) is 49.0 Å². The summed E-state index contributed by atoms with van der Waals surface area (Å²) in [6.07, 6.45) is 3.97. The molecule has 3 aromatic carbocycles. The molecule has 2 unspecified atom stereocenters. The van der Waals surface area contributed by atoms with Crippen molar-refractivity contribution in [2.45, 2.75) is 57.7 Å². The maximum Gasteiger partial charge on any atom is 0.253 e. The zero-order valence-corrected chi connectivity index (χ0v) is 21.2. The normalized spacial score (nSPS) is 19.1. The van der Waals surface area contributed by atoms with Gasteiger partial charge in [0.05, 0.1) is 6.04 Å². The summed E-state index contributed by atoms with van der Waals surface area (Å²) in [5.74, 6) is 0. The quantitative estimate of drug-likeness (QED) is 0.425. The number of nitrogens with zero attached hydrogens (tertiary/aromatic N) is 2. The fourth-order valence-corrected chi connectivity index (χ4v) is 5.80. The second-order valence-corrected chi connectivity index (χ2v) is 10.5. The van der Waals surface area contributed by atoms with Crippen LogP contribution in [-0.2, 0) is 6.42 Å². The molecule has 3 aromatic rings. The summed E-state index contributed by atoms with van der Waals surface area (Å²) in [4.78, 5) is 29.4. The lowest BCUT2D eigenvalue weighted by Crippen LogP contribution is -2.46. The van der Waals surface area contributed by atoms with Gasteiger partial charge in [0, 0.05) is 34.4 Å². The molecule has 34 heavy (non-hydrogen) atoms. The van der Waals surface area contributed by atoms with E-state index in [4.69, 9.17) is 23.2 Å². The minimum Gasteiger partial charge on any atom is -0.361 e. The van der Waals surface area contributed by atoms with Crippen LogP contribution in [0.3, 0.4) is 0 Å². The summed E-state index contributed by atoms with van der Waals surface area (Å²) in [6.45, 7) is 5.14. The minimum absolute atomic E-state index is 0.0278. The van der Waals surface area contributed by atoms with Crippen LogP contribution in [0.4, 0.5) is 17.1 Å². The molecular formula is C27H29Cl2N3O2. The van der Waals surface area contributed by atoms with E-state index in [-0.39, 0.29) is 17.5 Å². The second kappa shape index (κ2) is 9.03. The Morgan fingerprint density at radius 3 is 2.47 bits per heavy atom. The highest BCUT2D eigenvalue weighted by Crippen LogP contribution is 2.41. The summed E-state index contributed by atoms with van der Waals surface area (Å²) in [5.41, 5.74) is 4.34. The van der Waals surface area contributed by atoms with Gasteiger partial charge >= 0.3 is 0 Å². The van der Waals surface area contributed by atoms with Gasteiger partial charge in [0.2, 0.25) is 0 Å². The molecule has 0 aromatic heterocycles. The average molecular weight is 498 g/mol. The van der Waals surface area contributed by atoms with Crippen molar-refractivity contribution in [1.29, 1.82) is 0 Å². The number of nitrogens with one attached hydrogen (secondary N) is 1. The molecule has 2 aliphatic rings. The van der Waals surface area contributed by atoms with Crippen LogP contribution in [0, 0.1) is 0 Å². The lowest BCUT2D eigenvalue weighted by Gasteiger charge is -2.36. The fourth-order valence-electron chi connectivity index (χ4n) is 5.17. The van der Waals surface area contributed by atoms with E-state index >= 15 is 0 Å². The number of halogens is 2. The molecule has 7 heteroatoms. The van der Waals surface area contributed by atoms with E-state index in [9.17, 15) is 9.59 Å². The van der Waals surface area contributed by atoms with Crippen LogP contribution in [-0.4, -0.2) is 30.6 Å². The van der Waals surface area contributed by atoms with E-state index in [2.05, 4.69) is 48.1 Å². The molecule has 0 saturated heterocycles. The standard InChI is InChI=1S/C27H29Cl2N3O2/c1-4-15(2)32(20-9-10-20)25-23(26(33)27(25)34)30-19-7-5-16(6-8-19)24-22-17(11-12-31(24)3)13-18(28)14-21(22)29/h5-8,13-15,20,24,30H,4,9-12H2,1-3H3. The molecule has 0 radical (unpaired) electrons. The van der Waals surface area contributed by atoms with Crippen LogP contribution >= 0.6 is 23.2 Å². The van der Waals surface area contributed by atoms with E-state index in [1.165, 1.54) is 5.56 Å². The summed E-state index contributed by atoms with van der Waals surface area (Å²) in [5, 5.41) is 4.58. The molecule has 1 fully saturated rings. The number of benzene rings is 2. The number of likely N-dealkylation sites (N-methyl/N-ethyl adjacent to an activating group) is 1. The highest BCUT2D eigenvalue weighted by molar-refractivity contribution is 6.35. The van der Waals surface area contributed by atoms with Crippen LogP contribution in [0.15, 0.2) is 46.0 Å². The van der Waals surface area contributed by atoms with Gasteiger partial charge in [0.15, 0.2) is 0 Å². The Morgan fingerprint density at radius 1 is 1.12 bits per heavy atom. The van der Waals surface area contributed by atoms with Gasteiger partial charge in [-0.1, -0.05) is 42.3 Å². The van der Waals surface area contributed by atoms with Crippen molar-refractivity contribution in [1.82, 2.24) is 4.90 Å². The predicted octanol–water partition coefficient (Wildman–Crippen LogP) is 5.68. The largest absolute Gasteiger partial charge is 0.361 e. The Morgan fingerprint density at radius 2 is 1.82 bits per heavy atom. The molecule has 178 valence electrons. The summed E-state index contributed by atoms with van der Waals surface area (Å²) in [6, 6.07) is 12.5. The summed E-state index contributed by atoms with van der Waals surface area (Å²) >= 11 is 12.9. The van der Waals surface area contributed by atoms with Crippen molar-refractivity contribution in [3.8, 4) is 0 Å². The maximum absolute atomic E-state index is 12.5. The van der Waals surface area contributed by atoms with Gasteiger partial charge < -0.3 is 10.2 Å². The van der Waals surface area contributed by atoms with Gasteiger partial charge in [-0.15, -0.1) is 0 Å². The third-order valence-corrected chi connectivity index (χ3v) is 7.80. The summed E-state index contributed by atoms with van der Waals surface area (Å²) < 4.78 is 0. The van der Waals surface area contributed by atoms with Crippen molar-refractivity contribution in [3.63, 3.8) is 0 Å². The molecule has 5 nitrogen and oxygen atoms in total. The Bertz CT molecular complexity index is 1290. The van der Waals surface area contributed by atoms with E-state index in [1.807, 2.05) is 18.2 Å². The fraction of sp³-hybridized carbons (Fsp3) is 0.407. The Balaban J connectivity index is 1.43. The maximum atomic E-state index is 12.5. The van der Waals surface area contributed by atoms with Crippen molar-refractivity contribution < 1.29 is 0 Å². The van der Waals surface area contributed by atoms with Crippen molar-refractivity contribution in [3.05, 3.63) is 83.6 Å². The highest BCUT2D eigenvalue weighted by atomic mass is 35.5. The highest BCUT2D eigenvalue weighted by Gasteiger charge is 2.38. The first kappa shape index (κ1) is 23.4. The van der Waals surface area contributed by atoms with Crippen molar-refractivity contribution >= 4 is 40.3 Å². The molecule has 1 N–H and O–H groups in total. The van der Waals surface area contributed by atoms with Crippen LogP contribution in [0.25, 0.3) is 0 Å². The topological polar surface area (TPSA) is 52.6 Å². The van der Waals surface area contributed by atoms with E-state index in [1.54, 1.807) is 6.07 Å². The van der Waals surface area contributed by atoms with Crippen molar-refractivity contribution in [2.75, 3.05) is 23.8 Å². The lowest BCUT2D eigenvalue weighted by atomic mass is 9.88. The SMILES string of the molecule is CCC(C)N(c1c(Nc2ccc(C3c4c(Cl)cc(Cl)cc4CCN3C)cc2)c(=O)c1=O)C1CC1. The molecule has 2 atom stereocenters. The van der Waals surface area contributed by atoms with Gasteiger partial charge in [-0.2, -0.15) is 0 Å². The first-order valence-electron chi connectivity index (χ1n) is 12.0. The van der Waals surface area contributed by atoms with Crippen LogP contribution in [0.1, 0.15) is 55.8 Å². The first-order valence-corrected chi connectivity index (χ1v) is 12.7. The van der Waals surface area contributed by atoms with Gasteiger partial charge in [-0.3, -0.25) is 14.5 Å². The third-order valence-electron chi connectivity index (χ3n) is 7.27. The minimum atomic E-state index is -0.433. The van der Waals surface area contributed by atoms with Crippen molar-refractivity contribution in [2.24, 2.45) is 0 Å². The second-order valence-electron chi connectivity index (χ2n) is 9.62. The molecular weight excluding hydrogens is 469 g/mol. The average Bonchev–Trinajstić information content (AvgIpc) is 3.66. The monoisotopic (exact) mass is 497 g/mol. The van der Waals surface area contributed by atoms with Gasteiger partial charge in [0.1, 0.15) is 11.4 Å². The van der Waals surface area contributed by atoms with E-state index < -0.39 is 5.43 Å². The Hall–Kier alpha value is -2.34. The Kier molecular flexibility index (Phi) is 6.21. The Labute approximate surface area is 210 Å². The molecule has 1 saturated carbocycles. The number of hydrogen-bond donors (Lipinski definition) is 1. The predicted molar refractivity (Wildman–Crippen MR) is 141 cm³/mol. The number of anilines is 3. The molecule has 0 amide bonds. The molecule has 5 rings (SSSR count). The number of fused-ring (bicyclic) bond motifs is 1. The zero-order valence-electron chi connectivity index (χ0n) is 19.7. The molecule has 1 aliphatic carbocycles. The van der Waals surface area contributed by atoms with Crippen LogP contribution in [0.5, 0.6) is 0 Å². The smallest absolute Gasteiger partial charge is 0.253 e. The zero-order chi connectivity index (χ0) is 24.1. The lowest BCUT2D eigenvalue weighted by molar-refractivity contribution is 0.265. The number of rotatable bonds is 7. The number of hydrogen-bond acceptors (Lipinski definition) is 5.